The van der Waals surface area contributed by atoms with Crippen molar-refractivity contribution in [1.82, 2.24) is 0 Å². The third-order valence-corrected chi connectivity index (χ3v) is 4.19. The van der Waals surface area contributed by atoms with Crippen LogP contribution in [0, 0.1) is 0 Å². The van der Waals surface area contributed by atoms with Gasteiger partial charge in [-0.05, 0) is 16.7 Å². The van der Waals surface area contributed by atoms with Crippen LogP contribution in [-0.4, -0.2) is 27.8 Å². The lowest BCUT2D eigenvalue weighted by molar-refractivity contribution is 0.173. The largest absolute Gasteiger partial charge is 0.408 e. The predicted octanol–water partition coefficient (Wildman–Crippen LogP) is 2.63. The predicted molar refractivity (Wildman–Crippen MR) is 97.4 cm³/mol. The Bertz CT molecular complexity index is 590. The third kappa shape index (κ3) is 2.95. The summed E-state index contributed by atoms with van der Waals surface area (Å²) in [5.74, 6) is 0. The molecule has 0 unspecified atom stereocenters. The molecular weight excluding hydrogens is 299 g/mol. The second-order valence-corrected chi connectivity index (χ2v) is 5.21. The lowest BCUT2D eigenvalue weighted by atomic mass is 9.80. The van der Waals surface area contributed by atoms with E-state index in [1.54, 1.807) is 10.5 Å². The summed E-state index contributed by atoms with van der Waals surface area (Å²) in [6.07, 6.45) is 0. The molecule has 0 N–H and O–H groups in total. The Morgan fingerprint density at radius 2 is 0.818 bits per heavy atom. The minimum Gasteiger partial charge on any atom is -0.408 e. The smallest absolute Gasteiger partial charge is 0.177 e. The van der Waals surface area contributed by atoms with Crippen molar-refractivity contribution >= 4 is 27.8 Å². The molecule has 0 aliphatic heterocycles. The first kappa shape index (κ1) is 16.7. The van der Waals surface area contributed by atoms with Crippen molar-refractivity contribution in [3.8, 4) is 0 Å². The first-order chi connectivity index (χ1) is 10.4. The van der Waals surface area contributed by atoms with Gasteiger partial charge in [0.15, 0.2) is 10.5 Å². The summed E-state index contributed by atoms with van der Waals surface area (Å²) in [6, 6.07) is 31.1. The van der Waals surface area contributed by atoms with Crippen LogP contribution in [0.2, 0.25) is 0 Å². The average Bonchev–Trinajstić information content (AvgIpc) is 2.59. The highest BCUT2D eigenvalue weighted by Crippen LogP contribution is 2.39. The van der Waals surface area contributed by atoms with Crippen molar-refractivity contribution < 1.29 is 4.43 Å². The van der Waals surface area contributed by atoms with E-state index >= 15 is 0 Å². The van der Waals surface area contributed by atoms with Crippen molar-refractivity contribution in [2.75, 3.05) is 0 Å². The molecule has 2 radical (unpaired) electrons. The standard InChI is InChI=1S/C19H17OSi.Al.2H/c21-20-19(16-10-4-1-5-11-16,17-12-6-2-7-13-17)18-14-8-3-9-15-18;;;/h1-15H,21H2;;;. The molecule has 0 bridgehead atoms. The fourth-order valence-corrected chi connectivity index (χ4v) is 3.27. The average molecular weight is 318 g/mol. The van der Waals surface area contributed by atoms with Crippen LogP contribution in [0.4, 0.5) is 0 Å². The zero-order valence-electron chi connectivity index (χ0n) is 12.8. The van der Waals surface area contributed by atoms with E-state index < -0.39 is 5.60 Å². The van der Waals surface area contributed by atoms with Crippen molar-refractivity contribution in [3.63, 3.8) is 0 Å². The molecule has 0 heterocycles. The molecule has 22 heavy (non-hydrogen) atoms. The summed E-state index contributed by atoms with van der Waals surface area (Å²) in [6.45, 7) is 0. The highest BCUT2D eigenvalue weighted by molar-refractivity contribution is 5.99. The molecule has 108 valence electrons. The Labute approximate surface area is 145 Å². The van der Waals surface area contributed by atoms with E-state index in [1.165, 1.54) is 0 Å². The third-order valence-electron chi connectivity index (χ3n) is 3.76. The van der Waals surface area contributed by atoms with Gasteiger partial charge in [0.25, 0.3) is 0 Å². The summed E-state index contributed by atoms with van der Waals surface area (Å²) < 4.78 is 6.12. The van der Waals surface area contributed by atoms with Crippen molar-refractivity contribution in [2.24, 2.45) is 0 Å². The molecule has 0 saturated carbocycles. The molecular formula is C19H19AlOSi. The maximum atomic E-state index is 6.12. The molecule has 3 aromatic rings. The molecule has 0 atom stereocenters. The Morgan fingerprint density at radius 3 is 1.05 bits per heavy atom. The molecule has 3 heteroatoms. The second kappa shape index (κ2) is 7.58. The van der Waals surface area contributed by atoms with Crippen LogP contribution < -0.4 is 0 Å². The normalized spacial score (nSPS) is 10.8. The minimum atomic E-state index is -0.567. The first-order valence-electron chi connectivity index (χ1n) is 6.97. The number of benzene rings is 3. The van der Waals surface area contributed by atoms with Gasteiger partial charge in [-0.15, -0.1) is 0 Å². The summed E-state index contributed by atoms with van der Waals surface area (Å²) >= 11 is 0. The molecule has 3 aromatic carbocycles. The van der Waals surface area contributed by atoms with Gasteiger partial charge in [-0.1, -0.05) is 91.0 Å². The van der Waals surface area contributed by atoms with Crippen LogP contribution in [0.3, 0.4) is 0 Å². The lowest BCUT2D eigenvalue weighted by Gasteiger charge is -2.35. The Balaban J connectivity index is 0.00000176. The Hall–Kier alpha value is -1.63. The summed E-state index contributed by atoms with van der Waals surface area (Å²) in [5.41, 5.74) is 2.84. The summed E-state index contributed by atoms with van der Waals surface area (Å²) in [4.78, 5) is 0. The van der Waals surface area contributed by atoms with E-state index in [9.17, 15) is 0 Å². The highest BCUT2D eigenvalue weighted by atomic mass is 28.2. The highest BCUT2D eigenvalue weighted by Gasteiger charge is 2.35. The van der Waals surface area contributed by atoms with Gasteiger partial charge in [0, 0.05) is 0 Å². The van der Waals surface area contributed by atoms with Gasteiger partial charge in [0.1, 0.15) is 23.0 Å². The zero-order chi connectivity index (χ0) is 14.5. The maximum absolute atomic E-state index is 6.12. The van der Waals surface area contributed by atoms with Gasteiger partial charge >= 0.3 is 0 Å². The Kier molecular flexibility index (Phi) is 5.76. The zero-order valence-corrected chi connectivity index (χ0v) is 16.2. The quantitative estimate of drug-likeness (QED) is 0.531. The van der Waals surface area contributed by atoms with Crippen LogP contribution in [-0.2, 0) is 10.0 Å². The molecule has 0 aliphatic rings. The first-order valence-corrected chi connectivity index (χ1v) is 7.55. The van der Waals surface area contributed by atoms with Gasteiger partial charge in [-0.2, -0.15) is 0 Å². The van der Waals surface area contributed by atoms with E-state index in [1.807, 2.05) is 18.2 Å². The Morgan fingerprint density at radius 1 is 0.545 bits per heavy atom. The van der Waals surface area contributed by atoms with Crippen LogP contribution in [0.1, 0.15) is 16.7 Å². The van der Waals surface area contributed by atoms with Crippen LogP contribution in [0.5, 0.6) is 0 Å². The molecule has 0 aromatic heterocycles. The number of hydrogen-bond donors (Lipinski definition) is 0. The van der Waals surface area contributed by atoms with E-state index in [-0.39, 0.29) is 17.4 Å². The van der Waals surface area contributed by atoms with Crippen LogP contribution in [0.25, 0.3) is 0 Å². The lowest BCUT2D eigenvalue weighted by Crippen LogP contribution is -2.32. The monoisotopic (exact) mass is 318 g/mol. The number of hydrogen-bond acceptors (Lipinski definition) is 1. The molecule has 0 spiro atoms. The van der Waals surface area contributed by atoms with Gasteiger partial charge < -0.3 is 4.43 Å². The second-order valence-electron chi connectivity index (χ2n) is 4.92. The van der Waals surface area contributed by atoms with E-state index in [0.29, 0.717) is 0 Å². The van der Waals surface area contributed by atoms with Gasteiger partial charge in [-0.25, -0.2) is 0 Å². The van der Waals surface area contributed by atoms with Crippen molar-refractivity contribution in [1.29, 1.82) is 0 Å². The van der Waals surface area contributed by atoms with Crippen LogP contribution >= 0.6 is 0 Å². The fourth-order valence-electron chi connectivity index (χ4n) is 2.77. The van der Waals surface area contributed by atoms with E-state index in [4.69, 9.17) is 4.43 Å². The number of rotatable bonds is 4. The topological polar surface area (TPSA) is 9.23 Å². The molecule has 0 aliphatic carbocycles. The summed E-state index contributed by atoms with van der Waals surface area (Å²) in [7, 11) is 1.55. The maximum Gasteiger partial charge on any atom is 0.177 e. The summed E-state index contributed by atoms with van der Waals surface area (Å²) in [5, 5.41) is 0. The van der Waals surface area contributed by atoms with E-state index in [2.05, 4.69) is 72.8 Å². The molecule has 0 fully saturated rings. The molecule has 0 saturated heterocycles. The van der Waals surface area contributed by atoms with Crippen LogP contribution in [0.15, 0.2) is 91.0 Å². The minimum absolute atomic E-state index is 0. The molecule has 0 amide bonds. The van der Waals surface area contributed by atoms with Gasteiger partial charge in [0.2, 0.25) is 0 Å². The van der Waals surface area contributed by atoms with Crippen molar-refractivity contribution in [2.45, 2.75) is 5.60 Å². The molecule has 3 rings (SSSR count). The molecule has 1 nitrogen and oxygen atoms in total. The van der Waals surface area contributed by atoms with Gasteiger partial charge in [0.05, 0.1) is 0 Å². The SMILES string of the molecule is [AlH2].[SiH2]OC(c1ccccc1)(c1ccccc1)c1ccccc1. The van der Waals surface area contributed by atoms with Gasteiger partial charge in [-0.3, -0.25) is 0 Å². The van der Waals surface area contributed by atoms with Crippen molar-refractivity contribution in [3.05, 3.63) is 108 Å². The van der Waals surface area contributed by atoms with E-state index in [0.717, 1.165) is 16.7 Å². The fraction of sp³-hybridized carbons (Fsp3) is 0.0526.